The zero-order valence-electron chi connectivity index (χ0n) is 11.7. The summed E-state index contributed by atoms with van der Waals surface area (Å²) in [6, 6.07) is 13.6. The van der Waals surface area contributed by atoms with Gasteiger partial charge in [-0.15, -0.1) is 0 Å². The van der Waals surface area contributed by atoms with Crippen LogP contribution in [0.4, 0.5) is 0 Å². The van der Waals surface area contributed by atoms with Crippen LogP contribution >= 0.6 is 0 Å². The van der Waals surface area contributed by atoms with Gasteiger partial charge >= 0.3 is 0 Å². The Morgan fingerprint density at radius 2 is 1.95 bits per heavy atom. The highest BCUT2D eigenvalue weighted by molar-refractivity contribution is 5.80. The molecule has 3 rings (SSSR count). The summed E-state index contributed by atoms with van der Waals surface area (Å²) in [5.74, 6) is 2.38. The van der Waals surface area contributed by atoms with Crippen molar-refractivity contribution in [3.63, 3.8) is 0 Å². The fourth-order valence-corrected chi connectivity index (χ4v) is 1.99. The van der Waals surface area contributed by atoms with Gasteiger partial charge in [-0.05, 0) is 41.5 Å². The molecule has 108 valence electrons. The van der Waals surface area contributed by atoms with Gasteiger partial charge in [0.15, 0.2) is 11.5 Å². The smallest absolute Gasteiger partial charge is 0.231 e. The van der Waals surface area contributed by atoms with Crippen LogP contribution in [-0.4, -0.2) is 20.1 Å². The Labute approximate surface area is 123 Å². The van der Waals surface area contributed by atoms with Crippen molar-refractivity contribution in [3.8, 4) is 17.2 Å². The molecule has 0 saturated carbocycles. The van der Waals surface area contributed by atoms with E-state index in [0.29, 0.717) is 6.54 Å². The van der Waals surface area contributed by atoms with Crippen molar-refractivity contribution in [2.24, 2.45) is 5.10 Å². The van der Waals surface area contributed by atoms with Crippen LogP contribution in [0.25, 0.3) is 0 Å². The summed E-state index contributed by atoms with van der Waals surface area (Å²) in [7, 11) is 1.66. The zero-order chi connectivity index (χ0) is 14.5. The summed E-state index contributed by atoms with van der Waals surface area (Å²) >= 11 is 0. The highest BCUT2D eigenvalue weighted by Crippen LogP contribution is 2.31. The van der Waals surface area contributed by atoms with Crippen molar-refractivity contribution in [1.29, 1.82) is 0 Å². The van der Waals surface area contributed by atoms with Gasteiger partial charge < -0.3 is 19.6 Å². The lowest BCUT2D eigenvalue weighted by molar-refractivity contribution is 0.174. The number of fused-ring (bicyclic) bond motifs is 1. The Hall–Kier alpha value is -2.69. The van der Waals surface area contributed by atoms with E-state index >= 15 is 0 Å². The molecule has 0 aliphatic carbocycles. The number of ether oxygens (including phenoxy) is 3. The Bertz CT molecular complexity index is 638. The summed E-state index contributed by atoms with van der Waals surface area (Å²) in [5.41, 5.74) is 5.11. The normalized spacial score (nSPS) is 12.6. The second-order valence-corrected chi connectivity index (χ2v) is 4.55. The fraction of sp³-hybridized carbons (Fsp3) is 0.188. The molecule has 5 heteroatoms. The maximum Gasteiger partial charge on any atom is 0.231 e. The van der Waals surface area contributed by atoms with Gasteiger partial charge in [-0.25, -0.2) is 0 Å². The van der Waals surface area contributed by atoms with Gasteiger partial charge in [0, 0.05) is 0 Å². The van der Waals surface area contributed by atoms with Crippen molar-refractivity contribution in [1.82, 2.24) is 5.43 Å². The van der Waals surface area contributed by atoms with Gasteiger partial charge in [0.05, 0.1) is 19.9 Å². The Morgan fingerprint density at radius 3 is 2.76 bits per heavy atom. The van der Waals surface area contributed by atoms with Crippen LogP contribution in [0.5, 0.6) is 17.2 Å². The number of nitrogens with one attached hydrogen (secondary N) is 1. The predicted octanol–water partition coefficient (Wildman–Crippen LogP) is 2.55. The largest absolute Gasteiger partial charge is 0.497 e. The number of methoxy groups -OCH3 is 1. The number of hydrazone groups is 1. The maximum atomic E-state index is 5.32. The van der Waals surface area contributed by atoms with Gasteiger partial charge in [-0.1, -0.05) is 12.1 Å². The molecule has 0 atom stereocenters. The zero-order valence-corrected chi connectivity index (χ0v) is 11.7. The number of hydrogen-bond donors (Lipinski definition) is 1. The highest BCUT2D eigenvalue weighted by atomic mass is 16.7. The minimum absolute atomic E-state index is 0.283. The third kappa shape index (κ3) is 3.25. The van der Waals surface area contributed by atoms with E-state index in [1.807, 2.05) is 42.5 Å². The first-order valence-corrected chi connectivity index (χ1v) is 6.63. The molecule has 1 heterocycles. The predicted molar refractivity (Wildman–Crippen MR) is 80.0 cm³/mol. The fourth-order valence-electron chi connectivity index (χ4n) is 1.99. The van der Waals surface area contributed by atoms with Gasteiger partial charge in [0.2, 0.25) is 6.79 Å². The van der Waals surface area contributed by atoms with Crippen LogP contribution in [0, 0.1) is 0 Å². The van der Waals surface area contributed by atoms with Crippen LogP contribution in [0.3, 0.4) is 0 Å². The highest BCUT2D eigenvalue weighted by Gasteiger charge is 2.12. The topological polar surface area (TPSA) is 52.1 Å². The van der Waals surface area contributed by atoms with E-state index in [4.69, 9.17) is 14.2 Å². The molecule has 0 bridgehead atoms. The molecule has 0 fully saturated rings. The second-order valence-electron chi connectivity index (χ2n) is 4.55. The quantitative estimate of drug-likeness (QED) is 0.677. The minimum atomic E-state index is 0.283. The molecule has 1 aliphatic rings. The van der Waals surface area contributed by atoms with E-state index in [0.717, 1.165) is 28.4 Å². The lowest BCUT2D eigenvalue weighted by atomic mass is 10.2. The van der Waals surface area contributed by atoms with Crippen LogP contribution in [0.2, 0.25) is 0 Å². The van der Waals surface area contributed by atoms with Gasteiger partial charge in [0.1, 0.15) is 5.75 Å². The first-order chi connectivity index (χ1) is 10.3. The molecular formula is C16H16N2O3. The van der Waals surface area contributed by atoms with Crippen molar-refractivity contribution in [2.75, 3.05) is 13.9 Å². The number of hydrogen-bond acceptors (Lipinski definition) is 5. The Morgan fingerprint density at radius 1 is 1.14 bits per heavy atom. The van der Waals surface area contributed by atoms with Crippen LogP contribution in [0.15, 0.2) is 47.6 Å². The van der Waals surface area contributed by atoms with Crippen molar-refractivity contribution in [2.45, 2.75) is 6.54 Å². The maximum absolute atomic E-state index is 5.32. The number of benzene rings is 2. The molecule has 0 spiro atoms. The lowest BCUT2D eigenvalue weighted by Gasteiger charge is -2.03. The molecule has 0 radical (unpaired) electrons. The Balaban J connectivity index is 1.54. The van der Waals surface area contributed by atoms with Crippen LogP contribution in [-0.2, 0) is 6.54 Å². The van der Waals surface area contributed by atoms with E-state index in [2.05, 4.69) is 10.5 Å². The molecule has 2 aromatic rings. The molecule has 1 aliphatic heterocycles. The van der Waals surface area contributed by atoms with E-state index in [9.17, 15) is 0 Å². The third-order valence-electron chi connectivity index (χ3n) is 3.14. The third-order valence-corrected chi connectivity index (χ3v) is 3.14. The van der Waals surface area contributed by atoms with Crippen LogP contribution < -0.4 is 19.6 Å². The molecule has 21 heavy (non-hydrogen) atoms. The molecule has 0 amide bonds. The summed E-state index contributed by atoms with van der Waals surface area (Å²) in [6.07, 6.45) is 1.76. The van der Waals surface area contributed by atoms with Crippen LogP contribution in [0.1, 0.15) is 11.1 Å². The van der Waals surface area contributed by atoms with E-state index in [-0.39, 0.29) is 6.79 Å². The standard InChI is InChI=1S/C16H16N2O3/c1-19-14-5-2-12(3-6-14)9-17-18-10-13-4-7-15-16(8-13)21-11-20-15/h2-8,10,17H,9,11H2,1H3. The molecular weight excluding hydrogens is 268 g/mol. The molecule has 1 N–H and O–H groups in total. The number of nitrogens with zero attached hydrogens (tertiary/aromatic N) is 1. The Kier molecular flexibility index (Phi) is 3.91. The van der Waals surface area contributed by atoms with Gasteiger partial charge in [-0.2, -0.15) is 5.10 Å². The monoisotopic (exact) mass is 284 g/mol. The minimum Gasteiger partial charge on any atom is -0.497 e. The summed E-state index contributed by atoms with van der Waals surface area (Å²) < 4.78 is 15.7. The van der Waals surface area contributed by atoms with Crippen molar-refractivity contribution >= 4 is 6.21 Å². The molecule has 5 nitrogen and oxygen atoms in total. The van der Waals surface area contributed by atoms with Crippen molar-refractivity contribution < 1.29 is 14.2 Å². The average Bonchev–Trinajstić information content (AvgIpc) is 3.00. The van der Waals surface area contributed by atoms with Crippen molar-refractivity contribution in [3.05, 3.63) is 53.6 Å². The first kappa shape index (κ1) is 13.3. The summed E-state index contributed by atoms with van der Waals surface area (Å²) in [4.78, 5) is 0. The molecule has 0 saturated heterocycles. The van der Waals surface area contributed by atoms with E-state index in [1.165, 1.54) is 0 Å². The van der Waals surface area contributed by atoms with E-state index < -0.39 is 0 Å². The molecule has 2 aromatic carbocycles. The molecule has 0 aromatic heterocycles. The van der Waals surface area contributed by atoms with E-state index in [1.54, 1.807) is 13.3 Å². The SMILES string of the molecule is COc1ccc(CNN=Cc2ccc3c(c2)OCO3)cc1. The summed E-state index contributed by atoms with van der Waals surface area (Å²) in [5, 5.41) is 4.20. The molecule has 0 unspecified atom stereocenters. The average molecular weight is 284 g/mol. The lowest BCUT2D eigenvalue weighted by Crippen LogP contribution is -2.05. The first-order valence-electron chi connectivity index (χ1n) is 6.63. The number of rotatable bonds is 5. The van der Waals surface area contributed by atoms with Gasteiger partial charge in [-0.3, -0.25) is 0 Å². The summed E-state index contributed by atoms with van der Waals surface area (Å²) in [6.45, 7) is 0.941. The van der Waals surface area contributed by atoms with Gasteiger partial charge in [0.25, 0.3) is 0 Å². The second kappa shape index (κ2) is 6.17.